The van der Waals surface area contributed by atoms with E-state index < -0.39 is 6.04 Å². The molecular weight excluding hydrogens is 372 g/mol. The first-order valence-corrected chi connectivity index (χ1v) is 9.68. The van der Waals surface area contributed by atoms with Gasteiger partial charge in [0.1, 0.15) is 24.7 Å². The number of aromatic nitrogens is 2. The lowest BCUT2D eigenvalue weighted by molar-refractivity contribution is -0.120. The molecule has 3 aliphatic heterocycles. The van der Waals surface area contributed by atoms with Crippen molar-refractivity contribution in [3.63, 3.8) is 0 Å². The van der Waals surface area contributed by atoms with Gasteiger partial charge in [0.25, 0.3) is 0 Å². The molecule has 1 aliphatic carbocycles. The molecular formula is C20H22N6O3. The Morgan fingerprint density at radius 1 is 1.38 bits per heavy atom. The highest BCUT2D eigenvalue weighted by atomic mass is 16.5. The number of carbonyl (C=O) groups is 1. The lowest BCUT2D eigenvalue weighted by Crippen LogP contribution is -2.43. The second-order valence-corrected chi connectivity index (χ2v) is 7.51. The Hall–Kier alpha value is -3.36. The van der Waals surface area contributed by atoms with Crippen LogP contribution in [0.1, 0.15) is 24.8 Å². The fourth-order valence-corrected chi connectivity index (χ4v) is 4.00. The molecule has 1 amide bonds. The van der Waals surface area contributed by atoms with E-state index in [4.69, 9.17) is 20.2 Å². The molecule has 3 N–H and O–H groups in total. The van der Waals surface area contributed by atoms with Crippen LogP contribution in [0.15, 0.2) is 52.4 Å². The summed E-state index contributed by atoms with van der Waals surface area (Å²) in [5.41, 5.74) is 10.4. The number of aliphatic imine (C=N–C) groups is 1. The molecule has 1 aromatic rings. The summed E-state index contributed by atoms with van der Waals surface area (Å²) in [6.07, 6.45) is 9.81. The molecule has 4 heterocycles. The number of amides is 1. The number of hydrogen-bond donors (Lipinski definition) is 2. The third-order valence-corrected chi connectivity index (χ3v) is 5.60. The van der Waals surface area contributed by atoms with E-state index in [0.717, 1.165) is 54.2 Å². The average Bonchev–Trinajstić information content (AvgIpc) is 3.51. The van der Waals surface area contributed by atoms with Gasteiger partial charge in [-0.2, -0.15) is 0 Å². The van der Waals surface area contributed by atoms with Crippen LogP contribution in [0.2, 0.25) is 0 Å². The van der Waals surface area contributed by atoms with Gasteiger partial charge < -0.3 is 25.4 Å². The molecule has 1 unspecified atom stereocenters. The van der Waals surface area contributed by atoms with Gasteiger partial charge in [-0.15, -0.1) is 0 Å². The Morgan fingerprint density at radius 2 is 2.17 bits per heavy atom. The van der Waals surface area contributed by atoms with Crippen molar-refractivity contribution in [1.29, 1.82) is 0 Å². The van der Waals surface area contributed by atoms with E-state index in [9.17, 15) is 4.79 Å². The minimum absolute atomic E-state index is 0.282. The van der Waals surface area contributed by atoms with Crippen molar-refractivity contribution in [3.05, 3.63) is 53.0 Å². The maximum absolute atomic E-state index is 11.9. The zero-order chi connectivity index (χ0) is 20.0. The Bertz CT molecular complexity index is 974. The summed E-state index contributed by atoms with van der Waals surface area (Å²) in [6, 6.07) is -0.0827. The molecule has 1 atom stereocenters. The molecule has 1 saturated carbocycles. The second kappa shape index (κ2) is 6.91. The van der Waals surface area contributed by atoms with Crippen molar-refractivity contribution in [3.8, 4) is 6.01 Å². The van der Waals surface area contributed by atoms with Gasteiger partial charge in [0, 0.05) is 30.7 Å². The number of nitrogens with one attached hydrogen (secondary N) is 1. The van der Waals surface area contributed by atoms with Crippen LogP contribution >= 0.6 is 0 Å². The Morgan fingerprint density at radius 3 is 2.86 bits per heavy atom. The minimum atomic E-state index is -0.400. The van der Waals surface area contributed by atoms with Crippen molar-refractivity contribution in [1.82, 2.24) is 20.2 Å². The zero-order valence-corrected chi connectivity index (χ0v) is 16.1. The average molecular weight is 394 g/mol. The molecule has 9 heteroatoms. The maximum atomic E-state index is 11.9. The predicted octanol–water partition coefficient (Wildman–Crippen LogP) is 0.814. The first-order chi connectivity index (χ1) is 14.2. The van der Waals surface area contributed by atoms with Crippen molar-refractivity contribution in [2.45, 2.75) is 25.3 Å². The lowest BCUT2D eigenvalue weighted by Gasteiger charge is -2.30. The Kier molecular flexibility index (Phi) is 4.22. The highest BCUT2D eigenvalue weighted by Gasteiger charge is 2.39. The largest absolute Gasteiger partial charge is 0.495 e. The van der Waals surface area contributed by atoms with Crippen LogP contribution in [0.3, 0.4) is 0 Å². The maximum Gasteiger partial charge on any atom is 0.316 e. The van der Waals surface area contributed by atoms with Crippen molar-refractivity contribution in [2.24, 2.45) is 16.6 Å². The fourth-order valence-electron chi connectivity index (χ4n) is 4.00. The molecule has 0 aromatic carbocycles. The van der Waals surface area contributed by atoms with Gasteiger partial charge in [0.05, 0.1) is 24.1 Å². The van der Waals surface area contributed by atoms with E-state index in [1.54, 1.807) is 18.7 Å². The standard InChI is InChI=1S/C20H22N6O3/c1-28-20-23-6-13(7-24-20)19-22-8-14-15(25-16(18(21)27)11-2-3-11)10-29-9-12-4-5-26(19)17(12)14/h6-8,10-11,16,25H,2-5,9H2,1H3,(H2,21,27). The number of amidine groups is 1. The van der Waals surface area contributed by atoms with Crippen LogP contribution in [0.4, 0.5) is 0 Å². The highest BCUT2D eigenvalue weighted by molar-refractivity contribution is 6.01. The van der Waals surface area contributed by atoms with Crippen LogP contribution in [-0.4, -0.2) is 52.9 Å². The topological polar surface area (TPSA) is 115 Å². The summed E-state index contributed by atoms with van der Waals surface area (Å²) in [6.45, 7) is 1.30. The van der Waals surface area contributed by atoms with Crippen molar-refractivity contribution < 1.29 is 14.3 Å². The number of nitrogens with zero attached hydrogens (tertiary/aromatic N) is 4. The molecule has 150 valence electrons. The molecule has 5 rings (SSSR count). The van der Waals surface area contributed by atoms with Gasteiger partial charge >= 0.3 is 6.01 Å². The van der Waals surface area contributed by atoms with E-state index in [0.29, 0.717) is 12.6 Å². The van der Waals surface area contributed by atoms with E-state index in [1.165, 1.54) is 12.7 Å². The lowest BCUT2D eigenvalue weighted by atomic mass is 10.0. The molecule has 0 spiro atoms. The van der Waals surface area contributed by atoms with Gasteiger partial charge in [-0.25, -0.2) is 15.0 Å². The molecule has 29 heavy (non-hydrogen) atoms. The number of methoxy groups -OCH3 is 1. The number of hydrogen-bond acceptors (Lipinski definition) is 8. The molecule has 0 radical (unpaired) electrons. The van der Waals surface area contributed by atoms with Crippen LogP contribution in [-0.2, 0) is 9.53 Å². The van der Waals surface area contributed by atoms with Crippen LogP contribution < -0.4 is 15.8 Å². The summed E-state index contributed by atoms with van der Waals surface area (Å²) in [4.78, 5) is 27.2. The first kappa shape index (κ1) is 17.7. The number of ether oxygens (including phenoxy) is 2. The van der Waals surface area contributed by atoms with Crippen LogP contribution in [0, 0.1) is 5.92 Å². The first-order valence-electron chi connectivity index (χ1n) is 9.68. The summed E-state index contributed by atoms with van der Waals surface area (Å²) in [5.74, 6) is 0.729. The Labute approximate surface area is 168 Å². The molecule has 0 saturated heterocycles. The van der Waals surface area contributed by atoms with Gasteiger partial charge in [-0.05, 0) is 30.8 Å². The predicted molar refractivity (Wildman–Crippen MR) is 104 cm³/mol. The van der Waals surface area contributed by atoms with E-state index in [-0.39, 0.29) is 11.8 Å². The van der Waals surface area contributed by atoms with Crippen LogP contribution in [0.5, 0.6) is 6.01 Å². The molecule has 0 bridgehead atoms. The number of carbonyl (C=O) groups excluding carboxylic acids is 1. The van der Waals surface area contributed by atoms with Gasteiger partial charge in [0.15, 0.2) is 0 Å². The van der Waals surface area contributed by atoms with Gasteiger partial charge in [0.2, 0.25) is 5.91 Å². The normalized spacial score (nSPS) is 21.3. The third-order valence-electron chi connectivity index (χ3n) is 5.60. The Balaban J connectivity index is 1.50. The summed E-state index contributed by atoms with van der Waals surface area (Å²) < 4.78 is 10.8. The third kappa shape index (κ3) is 3.12. The molecule has 4 aliphatic rings. The smallest absolute Gasteiger partial charge is 0.316 e. The quantitative estimate of drug-likeness (QED) is 0.734. The molecule has 1 aromatic heterocycles. The number of nitrogens with two attached hydrogens (primary N) is 1. The van der Waals surface area contributed by atoms with E-state index >= 15 is 0 Å². The monoisotopic (exact) mass is 394 g/mol. The summed E-state index contributed by atoms with van der Waals surface area (Å²) in [5, 5.41) is 3.32. The van der Waals surface area contributed by atoms with Crippen molar-refractivity contribution >= 4 is 11.7 Å². The molecule has 1 fully saturated rings. The van der Waals surface area contributed by atoms with Crippen LogP contribution in [0.25, 0.3) is 0 Å². The van der Waals surface area contributed by atoms with E-state index in [1.807, 2.05) is 6.20 Å². The molecule has 9 nitrogen and oxygen atoms in total. The zero-order valence-electron chi connectivity index (χ0n) is 16.1. The van der Waals surface area contributed by atoms with Gasteiger partial charge in [-0.1, -0.05) is 0 Å². The highest BCUT2D eigenvalue weighted by Crippen LogP contribution is 2.39. The SMILES string of the molecule is COc1ncc(C2=NC=C3C(NC(C(N)=O)C4CC4)=COCC4=C3N2CC4)cn1. The summed E-state index contributed by atoms with van der Waals surface area (Å²) in [7, 11) is 1.53. The number of primary amides is 1. The second-order valence-electron chi connectivity index (χ2n) is 7.51. The fraction of sp³-hybridized carbons (Fsp3) is 0.400. The van der Waals surface area contributed by atoms with E-state index in [2.05, 4.69) is 20.2 Å². The summed E-state index contributed by atoms with van der Waals surface area (Å²) >= 11 is 0. The van der Waals surface area contributed by atoms with Crippen molar-refractivity contribution in [2.75, 3.05) is 20.3 Å². The number of rotatable bonds is 6. The van der Waals surface area contributed by atoms with Gasteiger partial charge in [-0.3, -0.25) is 4.79 Å². The minimum Gasteiger partial charge on any atom is -0.495 e.